The molecule has 0 aliphatic rings. The van der Waals surface area contributed by atoms with Gasteiger partial charge in [0.15, 0.2) is 11.5 Å². The lowest BCUT2D eigenvalue weighted by atomic mass is 10.0. The second-order valence-corrected chi connectivity index (χ2v) is 25.1. The van der Waals surface area contributed by atoms with Crippen molar-refractivity contribution < 1.29 is 112 Å². The molecule has 0 fully saturated rings. The summed E-state index contributed by atoms with van der Waals surface area (Å²) in [6.07, 6.45) is 5.13. The van der Waals surface area contributed by atoms with Gasteiger partial charge in [0.2, 0.25) is 5.69 Å². The third-order valence-corrected chi connectivity index (χ3v) is 17.4. The molecule has 0 radical (unpaired) electrons. The van der Waals surface area contributed by atoms with Crippen molar-refractivity contribution >= 4 is 162 Å². The first-order valence-electron chi connectivity index (χ1n) is 23.2. The van der Waals surface area contributed by atoms with E-state index in [1.54, 1.807) is 0 Å². The van der Waals surface area contributed by atoms with Crippen LogP contribution in [0.4, 0.5) is 39.8 Å². The standard InChI is InChI=1S/C49H37N7O24S7.H2/c1-25-18-44(86(69,70)71)36-15-17-39(49(58)46(36)47(25)50)54-51-30-10-6-26(40(19-30)82-79-76-61)2-4-29-8-12-32(21-43(29)85(66,67)68)55-56(59)33-13-9-27(41(22-33)83-80-77-62)3-5-28-7-11-31(20-42(28)84(63,64)65)52-53-38-16-14-35-37(48(38)57)23-34(81-78-75-60)24-45(35)87(72,73)74;/h2-24,57-58,60-62H,50H2,1H3,(H,63,64,65)(H,66,67,68)(H,69,70,71)(H,72,73,74);1H/b4-2+,5-3+,53-52?,54-51?,56-55?;. The largest absolute Gasteiger partial charge is 0.594 e. The summed E-state index contributed by atoms with van der Waals surface area (Å²) in [6.45, 7) is 1.47. The zero-order valence-electron chi connectivity index (χ0n) is 43.0. The summed E-state index contributed by atoms with van der Waals surface area (Å²) in [5, 5.41) is 92.4. The summed E-state index contributed by atoms with van der Waals surface area (Å²) in [5.41, 5.74) is 5.53. The van der Waals surface area contributed by atoms with Crippen LogP contribution in [0, 0.1) is 12.1 Å². The van der Waals surface area contributed by atoms with Crippen molar-refractivity contribution in [3.8, 4) is 11.5 Å². The van der Waals surface area contributed by atoms with E-state index in [1.165, 1.54) is 116 Å². The van der Waals surface area contributed by atoms with Gasteiger partial charge in [-0.05, 0) is 108 Å². The van der Waals surface area contributed by atoms with Crippen LogP contribution in [-0.4, -0.2) is 82.7 Å². The Bertz CT molecular complexity index is 4690. The van der Waals surface area contributed by atoms with Crippen molar-refractivity contribution in [2.45, 2.75) is 41.2 Å². The molecule has 8 aromatic carbocycles. The number of phenolic OH excluding ortho intramolecular Hbond substituents is 2. The molecule has 0 amide bonds. The number of nitrogens with two attached hydrogens (primary N) is 1. The lowest BCUT2D eigenvalue weighted by molar-refractivity contribution is -0.435. The summed E-state index contributed by atoms with van der Waals surface area (Å²) in [5.74, 6) is -1.21. The average molecular weight is 1330 g/mol. The maximum absolute atomic E-state index is 13.5. The van der Waals surface area contributed by atoms with Crippen molar-refractivity contribution in [3.63, 3.8) is 0 Å². The molecule has 87 heavy (non-hydrogen) atoms. The van der Waals surface area contributed by atoms with E-state index in [-0.39, 0.29) is 110 Å². The minimum Gasteiger partial charge on any atom is -0.594 e. The molecule has 0 spiro atoms. The van der Waals surface area contributed by atoms with Crippen LogP contribution in [0.2, 0.25) is 0 Å². The van der Waals surface area contributed by atoms with Crippen LogP contribution in [0.1, 0.15) is 29.2 Å². The number of fused-ring (bicyclic) bond motifs is 2. The van der Waals surface area contributed by atoms with Gasteiger partial charge in [-0.25, -0.2) is 15.8 Å². The fourth-order valence-electron chi connectivity index (χ4n) is 8.04. The number of hydrogen-bond acceptors (Lipinski definition) is 29. The van der Waals surface area contributed by atoms with Crippen LogP contribution in [0.5, 0.6) is 11.5 Å². The molecule has 8 rings (SSSR count). The smallest absolute Gasteiger partial charge is 0.295 e. The minimum atomic E-state index is -5.04. The zero-order valence-corrected chi connectivity index (χ0v) is 48.8. The Morgan fingerprint density at radius 3 is 1.49 bits per heavy atom. The van der Waals surface area contributed by atoms with Gasteiger partial charge in [0.25, 0.3) is 40.5 Å². The van der Waals surface area contributed by atoms with Crippen LogP contribution < -0.4 is 5.73 Å². The number of anilines is 1. The first-order chi connectivity index (χ1) is 41.1. The van der Waals surface area contributed by atoms with Crippen molar-refractivity contribution in [3.05, 3.63) is 148 Å². The number of azo groups is 3. The quantitative estimate of drug-likeness (QED) is 0.00415. The van der Waals surface area contributed by atoms with Crippen LogP contribution in [0.25, 0.3) is 45.8 Å². The van der Waals surface area contributed by atoms with Crippen LogP contribution in [0.3, 0.4) is 0 Å². The fraction of sp³-hybridized carbons (Fsp3) is 0.0204. The highest BCUT2D eigenvalue weighted by Gasteiger charge is 2.24. The highest BCUT2D eigenvalue weighted by atomic mass is 32.2. The molecule has 0 aliphatic carbocycles. The van der Waals surface area contributed by atoms with Crippen LogP contribution >= 0.6 is 36.1 Å². The van der Waals surface area contributed by atoms with E-state index >= 15 is 0 Å². The third kappa shape index (κ3) is 15.6. The van der Waals surface area contributed by atoms with E-state index < -0.39 is 71.6 Å². The highest BCUT2D eigenvalue weighted by Crippen LogP contribution is 2.44. The summed E-state index contributed by atoms with van der Waals surface area (Å²) in [6, 6.07) is 22.7. The van der Waals surface area contributed by atoms with E-state index in [2.05, 4.69) is 53.7 Å². The molecule has 0 saturated carbocycles. The number of benzene rings is 8. The molecule has 0 bridgehead atoms. The Kier molecular flexibility index (Phi) is 20.2. The fourth-order valence-corrected chi connectivity index (χ4v) is 12.5. The lowest BCUT2D eigenvalue weighted by Crippen LogP contribution is -2.02. The Balaban J connectivity index is 0.0000110. The summed E-state index contributed by atoms with van der Waals surface area (Å²) in [7, 11) is -19.7. The molecule has 8 aromatic rings. The number of hydrogen-bond donors (Lipinski definition) is 10. The highest BCUT2D eigenvalue weighted by molar-refractivity contribution is 7.95. The molecule has 11 N–H and O–H groups in total. The molecule has 0 unspecified atom stereocenters. The summed E-state index contributed by atoms with van der Waals surface area (Å²) in [4.78, 5) is -2.40. The van der Waals surface area contributed by atoms with Gasteiger partial charge in [-0.15, -0.1) is 23.2 Å². The maximum Gasteiger partial charge on any atom is 0.295 e. The Labute approximate surface area is 503 Å². The van der Waals surface area contributed by atoms with Crippen molar-refractivity contribution in [1.29, 1.82) is 0 Å². The Hall–Kier alpha value is -7.91. The van der Waals surface area contributed by atoms with Gasteiger partial charge in [0.1, 0.15) is 36.6 Å². The zero-order chi connectivity index (χ0) is 63.2. The van der Waals surface area contributed by atoms with Crippen LogP contribution in [0.15, 0.2) is 175 Å². The average Bonchev–Trinajstić information content (AvgIpc) is 1.10. The van der Waals surface area contributed by atoms with Gasteiger partial charge in [-0.3, -0.25) is 18.2 Å². The second-order valence-electron chi connectivity index (χ2n) is 17.3. The normalized spacial score (nSPS) is 13.0. The van der Waals surface area contributed by atoms with Crippen molar-refractivity contribution in [1.82, 2.24) is 0 Å². The number of nitrogen functional groups attached to an aromatic ring is 1. The molecule has 0 aromatic heterocycles. The second kappa shape index (κ2) is 27.0. The first kappa shape index (κ1) is 65.1. The minimum absolute atomic E-state index is 0. The molecule has 31 nitrogen and oxygen atoms in total. The number of phenols is 2. The van der Waals surface area contributed by atoms with Gasteiger partial charge in [-0.1, -0.05) is 74.6 Å². The van der Waals surface area contributed by atoms with E-state index in [4.69, 9.17) is 21.5 Å². The number of nitrogens with zero attached hydrogens (tertiary/aromatic N) is 6. The van der Waals surface area contributed by atoms with Gasteiger partial charge in [0.05, 0.1) is 57.8 Å². The lowest BCUT2D eigenvalue weighted by Gasteiger charge is -2.12. The predicted octanol–water partition coefficient (Wildman–Crippen LogP) is 12.9. The Morgan fingerprint density at radius 2 is 0.943 bits per heavy atom. The number of rotatable bonds is 23. The van der Waals surface area contributed by atoms with E-state index in [9.17, 15) is 67.3 Å². The molecular formula is C49H39N7O24S7. The predicted molar refractivity (Wildman–Crippen MR) is 311 cm³/mol. The first-order valence-corrected chi connectivity index (χ1v) is 31.2. The van der Waals surface area contributed by atoms with Gasteiger partial charge in [-0.2, -0.15) is 43.9 Å². The van der Waals surface area contributed by atoms with Gasteiger partial charge in [0, 0.05) is 50.3 Å². The summed E-state index contributed by atoms with van der Waals surface area (Å²) >= 11 is 1.15. The molecule has 38 heteroatoms. The van der Waals surface area contributed by atoms with Crippen LogP contribution in [-0.2, 0) is 68.6 Å². The maximum atomic E-state index is 13.5. The molecule has 0 aliphatic heterocycles. The topological polar surface area (TPSA) is 488 Å². The molecule has 0 heterocycles. The number of aromatic hydroxyl groups is 2. The van der Waals surface area contributed by atoms with Crippen molar-refractivity contribution in [2.75, 3.05) is 5.73 Å². The molecular weight excluding hydrogens is 1300 g/mol. The molecule has 0 atom stereocenters. The van der Waals surface area contributed by atoms with Crippen molar-refractivity contribution in [2.24, 2.45) is 25.6 Å². The van der Waals surface area contributed by atoms with E-state index in [1.807, 2.05) is 0 Å². The summed E-state index contributed by atoms with van der Waals surface area (Å²) < 4.78 is 153. The molecule has 456 valence electrons. The van der Waals surface area contributed by atoms with Gasteiger partial charge < -0.3 is 21.2 Å². The Morgan fingerprint density at radius 1 is 0.494 bits per heavy atom. The SMILES string of the molecule is Cc1cc(S(=O)(=O)O)c2ccc(N=Nc3ccc(/C=C/c4ccc(N=[N+]([O-])c5ccc(/C=C/c6ccc(N=Nc7ccc8c(S(=O)(=O)O)cc(SOOO)cc8c7O)cc6S(=O)(=O)O)c(SOOO)c5)cc4S(=O)(=O)O)c(SOOO)c3)c(O)c2c1N.[HH]. The van der Waals surface area contributed by atoms with E-state index in [0.717, 1.165) is 30.3 Å². The third-order valence-electron chi connectivity index (χ3n) is 11.9. The van der Waals surface area contributed by atoms with Gasteiger partial charge >= 0.3 is 0 Å². The monoisotopic (exact) mass is 1330 g/mol. The number of aryl methyl sites for hydroxylation is 1. The van der Waals surface area contributed by atoms with E-state index in [0.29, 0.717) is 36.1 Å². The molecule has 0 saturated heterocycles.